The second kappa shape index (κ2) is 19.9. The van der Waals surface area contributed by atoms with Gasteiger partial charge in [-0.25, -0.2) is 0 Å². The maximum Gasteiger partial charge on any atom is 0.491 e. The van der Waals surface area contributed by atoms with Crippen LogP contribution in [0, 0.1) is 0 Å². The van der Waals surface area contributed by atoms with Gasteiger partial charge >= 0.3 is 7.69 Å². The van der Waals surface area contributed by atoms with Crippen LogP contribution < -0.4 is 33.6 Å². The fourth-order valence-corrected chi connectivity index (χ4v) is 10.1. The molecule has 6 fully saturated rings. The molecule has 10 N–H and O–H groups in total. The highest BCUT2D eigenvalue weighted by Gasteiger charge is 2.51. The largest absolute Gasteiger partial charge is 0.491 e. The van der Waals surface area contributed by atoms with Gasteiger partial charge < -0.3 is 52.4 Å². The molecule has 6 saturated carbocycles. The van der Waals surface area contributed by atoms with E-state index < -0.39 is 12.5 Å². The lowest BCUT2D eigenvalue weighted by Crippen LogP contribution is -2.49. The molecule has 2 aromatic rings. The second-order valence-electron chi connectivity index (χ2n) is 17.1. The quantitative estimate of drug-likeness (QED) is 0.0309. The van der Waals surface area contributed by atoms with Gasteiger partial charge in [0.2, 0.25) is 0 Å². The van der Waals surface area contributed by atoms with Crippen molar-refractivity contribution in [2.75, 3.05) is 26.3 Å². The van der Waals surface area contributed by atoms with Crippen LogP contribution in [-0.2, 0) is 29.6 Å². The van der Waals surface area contributed by atoms with Gasteiger partial charge in [0.05, 0.1) is 11.2 Å². The monoisotopic (exact) mass is 814 g/mol. The Kier molecular flexibility index (Phi) is 15.0. The van der Waals surface area contributed by atoms with Crippen molar-refractivity contribution in [3.8, 4) is 0 Å². The number of carbonyl (C=O) groups is 2. The molecule has 15 heteroatoms. The number of guanidine groups is 2. The van der Waals surface area contributed by atoms with E-state index in [1.54, 1.807) is 0 Å². The number of nitrogens with one attached hydrogen (secondary N) is 2. The van der Waals surface area contributed by atoms with Crippen LogP contribution in [0.3, 0.4) is 0 Å². The van der Waals surface area contributed by atoms with Crippen molar-refractivity contribution >= 4 is 31.4 Å². The summed E-state index contributed by atoms with van der Waals surface area (Å²) in [5, 5.41) is 5.97. The maximum absolute atomic E-state index is 13.6. The normalized spacial score (nSPS) is 26.7. The summed E-state index contributed by atoms with van der Waals surface area (Å²) in [5.74, 6) is -0.578. The van der Waals surface area contributed by atoms with Crippen LogP contribution in [0.1, 0.15) is 148 Å². The first kappa shape index (κ1) is 44.4. The minimum Gasteiger partial charge on any atom is -0.393 e. The summed E-state index contributed by atoms with van der Waals surface area (Å²) in [5.41, 5.74) is 26.1. The lowest BCUT2D eigenvalue weighted by molar-refractivity contribution is -0.114. The summed E-state index contributed by atoms with van der Waals surface area (Å²) in [7, 11) is 1.17. The number of carbonyl (C=O) groups excluding carboxylic acids is 2. The summed E-state index contributed by atoms with van der Waals surface area (Å²) in [6.07, 6.45) is 13.4. The number of hydrogen-bond acceptors (Lipinski definition) is 8. The van der Waals surface area contributed by atoms with E-state index in [4.69, 9.17) is 41.7 Å². The van der Waals surface area contributed by atoms with Crippen LogP contribution in [0.25, 0.3) is 0 Å². The average Bonchev–Trinajstić information content (AvgIpc) is 3.25. The van der Waals surface area contributed by atoms with Crippen LogP contribution in [-0.4, -0.2) is 81.4 Å². The summed E-state index contributed by atoms with van der Waals surface area (Å²) < 4.78 is 24.4. The number of ether oxygens (including phenoxy) is 2. The highest BCUT2D eigenvalue weighted by Crippen LogP contribution is 2.56. The predicted octanol–water partition coefficient (Wildman–Crippen LogP) is 4.94. The zero-order chi connectivity index (χ0) is 41.9. The third-order valence-electron chi connectivity index (χ3n) is 13.6. The Morgan fingerprint density at radius 1 is 0.593 bits per heavy atom. The van der Waals surface area contributed by atoms with E-state index in [0.717, 1.165) is 90.3 Å². The van der Waals surface area contributed by atoms with E-state index in [-0.39, 0.29) is 45.8 Å². The molecule has 0 saturated heterocycles. The van der Waals surface area contributed by atoms with Gasteiger partial charge in [0.15, 0.2) is 11.9 Å². The van der Waals surface area contributed by atoms with Gasteiger partial charge in [-0.3, -0.25) is 19.6 Å². The second-order valence-corrected chi connectivity index (χ2v) is 17.1. The van der Waals surface area contributed by atoms with Crippen LogP contribution in [0.2, 0.25) is 0 Å². The standard InChI is InChI=1S/C44H66BN8O6/c1-3-56-43-23-17-41(18-24-43,19-25-43)33-13-9-31(10-14-33)37(54)52-35(7-5-29-50-39(46)47)58-45-59-36(8-6-30-51-40(48)49)53-38(55)32-11-15-34(16-12-32)42-20-26-44(27-21-42,28-22-42)57-4-2/h9-16,35-36H,3-8,17-30H2,1-2H3,(H,52,54)(H,53,55)(H4,46,47,50)(H4,48,49,51). The molecule has 6 aliphatic rings. The number of aliphatic imine (C=N–C) groups is 2. The van der Waals surface area contributed by atoms with E-state index in [2.05, 4.69) is 58.7 Å². The molecule has 2 amide bonds. The Hall–Kier alpha value is -4.18. The number of amides is 2. The van der Waals surface area contributed by atoms with Crippen LogP contribution in [0.5, 0.6) is 0 Å². The van der Waals surface area contributed by atoms with E-state index in [0.29, 0.717) is 49.9 Å². The van der Waals surface area contributed by atoms with Crippen molar-refractivity contribution in [3.63, 3.8) is 0 Å². The zero-order valence-electron chi connectivity index (χ0n) is 35.1. The predicted molar refractivity (Wildman–Crippen MR) is 231 cm³/mol. The molecule has 4 bridgehead atoms. The van der Waals surface area contributed by atoms with Gasteiger partial charge in [-0.15, -0.1) is 0 Å². The van der Waals surface area contributed by atoms with Gasteiger partial charge in [0.1, 0.15) is 12.5 Å². The van der Waals surface area contributed by atoms with Gasteiger partial charge in [0.25, 0.3) is 11.8 Å². The number of nitrogens with zero attached hydrogens (tertiary/aromatic N) is 2. The molecule has 8 rings (SSSR count). The Balaban J connectivity index is 1.06. The molecular formula is C44H66BN8O6. The van der Waals surface area contributed by atoms with Crippen molar-refractivity contribution in [2.45, 2.75) is 151 Å². The van der Waals surface area contributed by atoms with Crippen molar-refractivity contribution in [1.82, 2.24) is 10.6 Å². The highest BCUT2D eigenvalue weighted by atomic mass is 16.6. The Morgan fingerprint density at radius 3 is 1.24 bits per heavy atom. The van der Waals surface area contributed by atoms with E-state index in [1.807, 2.05) is 24.3 Å². The molecule has 0 spiro atoms. The van der Waals surface area contributed by atoms with Crippen molar-refractivity contribution in [3.05, 3.63) is 70.8 Å². The summed E-state index contributed by atoms with van der Waals surface area (Å²) in [6, 6.07) is 15.9. The Morgan fingerprint density at radius 2 is 0.932 bits per heavy atom. The first-order valence-corrected chi connectivity index (χ1v) is 21.8. The Bertz CT molecular complexity index is 1590. The molecular weight excluding hydrogens is 747 g/mol. The van der Waals surface area contributed by atoms with Crippen LogP contribution in [0.4, 0.5) is 0 Å². The summed E-state index contributed by atoms with van der Waals surface area (Å²) in [6.45, 7) is 6.38. The van der Waals surface area contributed by atoms with Gasteiger partial charge in [0, 0.05) is 37.4 Å². The van der Waals surface area contributed by atoms with E-state index in [9.17, 15) is 9.59 Å². The van der Waals surface area contributed by atoms with Gasteiger partial charge in [-0.2, -0.15) is 0 Å². The summed E-state index contributed by atoms with van der Waals surface area (Å²) in [4.78, 5) is 35.3. The molecule has 6 aliphatic carbocycles. The third-order valence-corrected chi connectivity index (χ3v) is 13.6. The SMILES string of the molecule is CCOC12CCC(c3ccc(C(=O)NC(CCCN=C(N)N)O[B]OC(CCCN=C(N)N)NC(=O)c4ccc(C56CCC(OCC)(CC5)CC6)cc4)cc3)(CC1)CC2. The van der Waals surface area contributed by atoms with Gasteiger partial charge in [-0.05, 0) is 163 Å². The van der Waals surface area contributed by atoms with Crippen molar-refractivity contribution in [1.29, 1.82) is 0 Å². The number of nitrogens with two attached hydrogens (primary N) is 4. The fourth-order valence-electron chi connectivity index (χ4n) is 10.1. The van der Waals surface area contributed by atoms with Crippen LogP contribution in [0.15, 0.2) is 58.5 Å². The van der Waals surface area contributed by atoms with Crippen LogP contribution >= 0.6 is 0 Å². The maximum atomic E-state index is 13.6. The highest BCUT2D eigenvalue weighted by molar-refractivity contribution is 6.18. The number of fused-ring (bicyclic) bond motifs is 6. The number of benzene rings is 2. The summed E-state index contributed by atoms with van der Waals surface area (Å²) >= 11 is 0. The molecule has 2 atom stereocenters. The Labute approximate surface area is 350 Å². The number of hydrogen-bond donors (Lipinski definition) is 6. The smallest absolute Gasteiger partial charge is 0.393 e. The molecule has 2 aromatic carbocycles. The first-order chi connectivity index (χ1) is 28.4. The molecule has 0 aliphatic heterocycles. The lowest BCUT2D eigenvalue weighted by atomic mass is 9.56. The molecule has 2 unspecified atom stereocenters. The molecule has 321 valence electrons. The minimum absolute atomic E-state index is 0.00866. The average molecular weight is 814 g/mol. The molecule has 0 heterocycles. The van der Waals surface area contributed by atoms with E-state index >= 15 is 0 Å². The molecule has 0 aromatic heterocycles. The van der Waals surface area contributed by atoms with Gasteiger partial charge in [-0.1, -0.05) is 24.3 Å². The molecule has 14 nitrogen and oxygen atoms in total. The fraction of sp³-hybridized carbons (Fsp3) is 0.636. The van der Waals surface area contributed by atoms with Crippen molar-refractivity contribution in [2.24, 2.45) is 32.9 Å². The topological polar surface area (TPSA) is 224 Å². The first-order valence-electron chi connectivity index (χ1n) is 21.8. The zero-order valence-corrected chi connectivity index (χ0v) is 35.1. The molecule has 59 heavy (non-hydrogen) atoms. The minimum atomic E-state index is -0.762. The number of rotatable bonds is 22. The third kappa shape index (κ3) is 11.2. The van der Waals surface area contributed by atoms with E-state index in [1.165, 1.54) is 18.8 Å². The van der Waals surface area contributed by atoms with Crippen molar-refractivity contribution < 1.29 is 28.4 Å². The lowest BCUT2D eigenvalue weighted by Gasteiger charge is -2.53. The molecule has 1 radical (unpaired) electrons.